The van der Waals surface area contributed by atoms with E-state index in [0.717, 1.165) is 36.4 Å². The van der Waals surface area contributed by atoms with Crippen LogP contribution in [-0.2, 0) is 4.74 Å². The maximum Gasteiger partial charge on any atom is 0.273 e. The van der Waals surface area contributed by atoms with Crippen molar-refractivity contribution in [2.24, 2.45) is 0 Å². The zero-order valence-corrected chi connectivity index (χ0v) is 14.6. The number of ether oxygens (including phenoxy) is 1. The molecule has 2 aromatic rings. The normalized spacial score (nSPS) is 17.4. The summed E-state index contributed by atoms with van der Waals surface area (Å²) in [6.45, 7) is 1.54. The second-order valence-corrected chi connectivity index (χ2v) is 6.99. The van der Waals surface area contributed by atoms with Crippen molar-refractivity contribution < 1.29 is 9.53 Å². The first kappa shape index (κ1) is 16.4. The fourth-order valence-corrected chi connectivity index (χ4v) is 3.53. The lowest BCUT2D eigenvalue weighted by molar-refractivity contribution is 0.0711. The van der Waals surface area contributed by atoms with Crippen LogP contribution in [0.5, 0.6) is 0 Å². The highest BCUT2D eigenvalue weighted by atomic mass is 35.5. The molecular formula is C17H19ClN2O2S. The minimum Gasteiger partial charge on any atom is -0.378 e. The summed E-state index contributed by atoms with van der Waals surface area (Å²) < 4.78 is 5.60. The number of carbonyl (C=O) groups is 1. The summed E-state index contributed by atoms with van der Waals surface area (Å²) in [5.41, 5.74) is 1.47. The Morgan fingerprint density at radius 3 is 2.91 bits per heavy atom. The number of hydrogen-bond acceptors (Lipinski definition) is 4. The van der Waals surface area contributed by atoms with Crippen LogP contribution in [0.3, 0.4) is 0 Å². The Morgan fingerprint density at radius 1 is 1.43 bits per heavy atom. The number of nitrogens with zero attached hydrogens (tertiary/aromatic N) is 2. The standard InChI is InChI=1S/C17H19ClN2O2S/c1-20(9-8-14-3-2-10-22-14)17(21)15-11-23-16(19-15)12-4-6-13(18)7-5-12/h4-7,11,14H,2-3,8-10H2,1H3. The van der Waals surface area contributed by atoms with Gasteiger partial charge in [-0.1, -0.05) is 23.7 Å². The van der Waals surface area contributed by atoms with Crippen LogP contribution in [0.4, 0.5) is 0 Å². The second kappa shape index (κ2) is 7.43. The molecule has 0 spiro atoms. The van der Waals surface area contributed by atoms with Crippen LogP contribution >= 0.6 is 22.9 Å². The molecule has 4 nitrogen and oxygen atoms in total. The number of rotatable bonds is 5. The summed E-state index contributed by atoms with van der Waals surface area (Å²) >= 11 is 7.37. The first-order chi connectivity index (χ1) is 11.1. The van der Waals surface area contributed by atoms with Crippen molar-refractivity contribution in [3.63, 3.8) is 0 Å². The van der Waals surface area contributed by atoms with Gasteiger partial charge >= 0.3 is 0 Å². The van der Waals surface area contributed by atoms with Gasteiger partial charge in [-0.25, -0.2) is 4.98 Å². The fourth-order valence-electron chi connectivity index (χ4n) is 2.60. The lowest BCUT2D eigenvalue weighted by atomic mass is 10.2. The third-order valence-electron chi connectivity index (χ3n) is 3.97. The van der Waals surface area contributed by atoms with Gasteiger partial charge in [0.15, 0.2) is 0 Å². The van der Waals surface area contributed by atoms with Gasteiger partial charge in [0, 0.05) is 36.2 Å². The Morgan fingerprint density at radius 2 is 2.22 bits per heavy atom. The molecule has 3 rings (SSSR count). The monoisotopic (exact) mass is 350 g/mol. The van der Waals surface area contributed by atoms with Crippen LogP contribution < -0.4 is 0 Å². The lowest BCUT2D eigenvalue weighted by Gasteiger charge is -2.18. The predicted molar refractivity (Wildman–Crippen MR) is 93.1 cm³/mol. The fraction of sp³-hybridized carbons (Fsp3) is 0.412. The van der Waals surface area contributed by atoms with E-state index in [1.807, 2.05) is 36.7 Å². The van der Waals surface area contributed by atoms with Crippen LogP contribution in [0, 0.1) is 0 Å². The lowest BCUT2D eigenvalue weighted by Crippen LogP contribution is -2.30. The van der Waals surface area contributed by atoms with Crippen LogP contribution in [0.1, 0.15) is 29.8 Å². The summed E-state index contributed by atoms with van der Waals surface area (Å²) in [4.78, 5) is 18.6. The van der Waals surface area contributed by atoms with E-state index in [2.05, 4.69) is 4.98 Å². The van der Waals surface area contributed by atoms with Crippen LogP contribution in [0.25, 0.3) is 10.6 Å². The third-order valence-corrected chi connectivity index (χ3v) is 5.11. The van der Waals surface area contributed by atoms with E-state index >= 15 is 0 Å². The second-order valence-electron chi connectivity index (χ2n) is 5.70. The number of hydrogen-bond donors (Lipinski definition) is 0. The van der Waals surface area contributed by atoms with Crippen molar-refractivity contribution in [2.45, 2.75) is 25.4 Å². The van der Waals surface area contributed by atoms with E-state index < -0.39 is 0 Å². The molecule has 1 aliphatic rings. The summed E-state index contributed by atoms with van der Waals surface area (Å²) in [5.74, 6) is -0.0422. The molecule has 1 aromatic carbocycles. The van der Waals surface area contributed by atoms with Gasteiger partial charge in [-0.2, -0.15) is 0 Å². The molecule has 1 aromatic heterocycles. The van der Waals surface area contributed by atoms with Crippen LogP contribution in [0.15, 0.2) is 29.6 Å². The van der Waals surface area contributed by atoms with Crippen molar-refractivity contribution in [2.75, 3.05) is 20.2 Å². The Labute approximate surface area is 145 Å². The molecule has 6 heteroatoms. The highest BCUT2D eigenvalue weighted by Crippen LogP contribution is 2.25. The number of halogens is 1. The van der Waals surface area contributed by atoms with Crippen molar-refractivity contribution in [1.29, 1.82) is 0 Å². The van der Waals surface area contributed by atoms with Gasteiger partial charge in [0.05, 0.1) is 6.10 Å². The highest BCUT2D eigenvalue weighted by molar-refractivity contribution is 7.13. The van der Waals surface area contributed by atoms with Gasteiger partial charge in [-0.15, -0.1) is 11.3 Å². The van der Waals surface area contributed by atoms with Gasteiger partial charge in [0.1, 0.15) is 10.7 Å². The molecule has 1 unspecified atom stereocenters. The maximum atomic E-state index is 12.5. The average molecular weight is 351 g/mol. The minimum atomic E-state index is -0.0422. The molecule has 1 atom stereocenters. The smallest absolute Gasteiger partial charge is 0.273 e. The average Bonchev–Trinajstić information content (AvgIpc) is 3.24. The van der Waals surface area contributed by atoms with Crippen LogP contribution in [-0.4, -0.2) is 42.1 Å². The first-order valence-electron chi connectivity index (χ1n) is 7.72. The molecule has 0 N–H and O–H groups in total. The summed E-state index contributed by atoms with van der Waals surface area (Å²) in [6.07, 6.45) is 3.40. The van der Waals surface area contributed by atoms with E-state index in [1.54, 1.807) is 4.90 Å². The Bertz CT molecular complexity index is 665. The van der Waals surface area contributed by atoms with Gasteiger partial charge in [0.2, 0.25) is 0 Å². The number of amides is 1. The van der Waals surface area contributed by atoms with Gasteiger partial charge < -0.3 is 9.64 Å². The van der Waals surface area contributed by atoms with Gasteiger partial charge in [-0.05, 0) is 31.4 Å². The first-order valence-corrected chi connectivity index (χ1v) is 8.98. The Kier molecular flexibility index (Phi) is 5.30. The molecule has 1 fully saturated rings. The Hall–Kier alpha value is -1.43. The Balaban J connectivity index is 1.62. The number of carbonyl (C=O) groups excluding carboxylic acids is 1. The largest absolute Gasteiger partial charge is 0.378 e. The molecule has 122 valence electrons. The van der Waals surface area contributed by atoms with Crippen molar-refractivity contribution >= 4 is 28.8 Å². The topological polar surface area (TPSA) is 42.4 Å². The highest BCUT2D eigenvalue weighted by Gasteiger charge is 2.20. The molecule has 1 saturated heterocycles. The van der Waals surface area contributed by atoms with E-state index in [-0.39, 0.29) is 5.91 Å². The zero-order chi connectivity index (χ0) is 16.2. The summed E-state index contributed by atoms with van der Waals surface area (Å²) in [7, 11) is 1.82. The van der Waals surface area contributed by atoms with Gasteiger partial charge in [0.25, 0.3) is 5.91 Å². The summed E-state index contributed by atoms with van der Waals surface area (Å²) in [5, 5.41) is 3.34. The predicted octanol–water partition coefficient (Wildman–Crippen LogP) is 4.10. The molecule has 23 heavy (non-hydrogen) atoms. The molecule has 0 radical (unpaired) electrons. The zero-order valence-electron chi connectivity index (χ0n) is 13.0. The molecule has 1 amide bonds. The van der Waals surface area contributed by atoms with E-state index in [4.69, 9.17) is 16.3 Å². The van der Waals surface area contributed by atoms with Crippen molar-refractivity contribution in [3.05, 3.63) is 40.4 Å². The van der Waals surface area contributed by atoms with E-state index in [9.17, 15) is 4.79 Å². The quantitative estimate of drug-likeness (QED) is 0.815. The van der Waals surface area contributed by atoms with E-state index in [0.29, 0.717) is 23.4 Å². The molecule has 1 aliphatic heterocycles. The number of thiazole rings is 1. The molecular weight excluding hydrogens is 332 g/mol. The van der Waals surface area contributed by atoms with Crippen molar-refractivity contribution in [3.8, 4) is 10.6 Å². The van der Waals surface area contributed by atoms with Crippen LogP contribution in [0.2, 0.25) is 5.02 Å². The summed E-state index contributed by atoms with van der Waals surface area (Å²) in [6, 6.07) is 7.48. The molecule has 2 heterocycles. The number of benzene rings is 1. The van der Waals surface area contributed by atoms with E-state index in [1.165, 1.54) is 11.3 Å². The number of aromatic nitrogens is 1. The third kappa shape index (κ3) is 4.10. The molecule has 0 bridgehead atoms. The minimum absolute atomic E-state index is 0.0422. The molecule has 0 aliphatic carbocycles. The molecule has 0 saturated carbocycles. The SMILES string of the molecule is CN(CCC1CCCO1)C(=O)c1csc(-c2ccc(Cl)cc2)n1. The van der Waals surface area contributed by atoms with Crippen molar-refractivity contribution in [1.82, 2.24) is 9.88 Å². The van der Waals surface area contributed by atoms with Gasteiger partial charge in [-0.3, -0.25) is 4.79 Å². The maximum absolute atomic E-state index is 12.5.